The Labute approximate surface area is 104 Å². The van der Waals surface area contributed by atoms with Crippen LogP contribution in [0.15, 0.2) is 0 Å². The lowest BCUT2D eigenvalue weighted by atomic mass is 9.81. The SMILES string of the molecule is CN1CCC(OC(=O)C2(C)CCNCC2)CC1. The van der Waals surface area contributed by atoms with Gasteiger partial charge in [-0.15, -0.1) is 0 Å². The second-order valence-corrected chi connectivity index (χ2v) is 5.72. The molecule has 2 rings (SSSR count). The number of ether oxygens (including phenoxy) is 1. The number of carbonyl (C=O) groups excluding carboxylic acids is 1. The Morgan fingerprint density at radius 3 is 2.47 bits per heavy atom. The van der Waals surface area contributed by atoms with E-state index < -0.39 is 0 Å². The predicted molar refractivity (Wildman–Crippen MR) is 66.8 cm³/mol. The van der Waals surface area contributed by atoms with Crippen LogP contribution in [0.1, 0.15) is 32.6 Å². The molecule has 2 aliphatic rings. The summed E-state index contributed by atoms with van der Waals surface area (Å²) in [5.41, 5.74) is -0.255. The van der Waals surface area contributed by atoms with Gasteiger partial charge in [0.2, 0.25) is 0 Å². The summed E-state index contributed by atoms with van der Waals surface area (Å²) in [5, 5.41) is 3.29. The molecule has 0 aliphatic carbocycles. The van der Waals surface area contributed by atoms with Gasteiger partial charge in [0.25, 0.3) is 0 Å². The molecule has 0 aromatic heterocycles. The summed E-state index contributed by atoms with van der Waals surface area (Å²) in [6.07, 6.45) is 3.91. The highest BCUT2D eigenvalue weighted by atomic mass is 16.5. The molecule has 0 radical (unpaired) electrons. The smallest absolute Gasteiger partial charge is 0.312 e. The number of rotatable bonds is 2. The highest BCUT2D eigenvalue weighted by Gasteiger charge is 2.37. The number of piperidine rings is 2. The molecular weight excluding hydrogens is 216 g/mol. The zero-order valence-corrected chi connectivity index (χ0v) is 11.0. The van der Waals surface area contributed by atoms with Crippen LogP contribution in [0.3, 0.4) is 0 Å². The number of hydrogen-bond acceptors (Lipinski definition) is 4. The van der Waals surface area contributed by atoms with Crippen LogP contribution in [0.25, 0.3) is 0 Å². The van der Waals surface area contributed by atoms with Crippen LogP contribution in [0.4, 0.5) is 0 Å². The summed E-state index contributed by atoms with van der Waals surface area (Å²) < 4.78 is 5.69. The molecule has 0 aromatic carbocycles. The van der Waals surface area contributed by atoms with E-state index in [-0.39, 0.29) is 17.5 Å². The maximum atomic E-state index is 12.2. The molecule has 4 heteroatoms. The van der Waals surface area contributed by atoms with Crippen molar-refractivity contribution in [1.29, 1.82) is 0 Å². The number of nitrogens with zero attached hydrogens (tertiary/aromatic N) is 1. The third kappa shape index (κ3) is 3.19. The van der Waals surface area contributed by atoms with Gasteiger partial charge in [0, 0.05) is 13.1 Å². The minimum Gasteiger partial charge on any atom is -0.462 e. The molecule has 4 nitrogen and oxygen atoms in total. The van der Waals surface area contributed by atoms with E-state index in [2.05, 4.69) is 17.3 Å². The summed E-state index contributed by atoms with van der Waals surface area (Å²) in [6.45, 7) is 5.98. The number of likely N-dealkylation sites (tertiary alicyclic amines) is 1. The fourth-order valence-electron chi connectivity index (χ4n) is 2.58. The zero-order chi connectivity index (χ0) is 12.3. The Hall–Kier alpha value is -0.610. The second kappa shape index (κ2) is 5.36. The van der Waals surface area contributed by atoms with E-state index in [0.29, 0.717) is 0 Å². The van der Waals surface area contributed by atoms with Crippen LogP contribution in [0.2, 0.25) is 0 Å². The number of esters is 1. The first kappa shape index (κ1) is 12.8. The monoisotopic (exact) mass is 240 g/mol. The summed E-state index contributed by atoms with van der Waals surface area (Å²) in [6, 6.07) is 0. The molecule has 17 heavy (non-hydrogen) atoms. The van der Waals surface area contributed by atoms with Gasteiger partial charge in [-0.05, 0) is 52.7 Å². The largest absolute Gasteiger partial charge is 0.462 e. The van der Waals surface area contributed by atoms with Crippen molar-refractivity contribution in [2.24, 2.45) is 5.41 Å². The van der Waals surface area contributed by atoms with E-state index in [1.165, 1.54) is 0 Å². The van der Waals surface area contributed by atoms with Gasteiger partial charge < -0.3 is 15.0 Å². The van der Waals surface area contributed by atoms with Gasteiger partial charge in [0.1, 0.15) is 6.10 Å². The summed E-state index contributed by atoms with van der Waals surface area (Å²) in [5.74, 6) is 0.0218. The van der Waals surface area contributed by atoms with Crippen molar-refractivity contribution in [2.45, 2.75) is 38.7 Å². The van der Waals surface area contributed by atoms with Gasteiger partial charge in [0.05, 0.1) is 5.41 Å². The van der Waals surface area contributed by atoms with E-state index in [1.807, 2.05) is 6.92 Å². The third-order valence-corrected chi connectivity index (χ3v) is 4.14. The van der Waals surface area contributed by atoms with Crippen molar-refractivity contribution in [1.82, 2.24) is 10.2 Å². The number of hydrogen-bond donors (Lipinski definition) is 1. The molecule has 2 aliphatic heterocycles. The van der Waals surface area contributed by atoms with E-state index in [0.717, 1.165) is 51.9 Å². The molecule has 0 atom stereocenters. The molecule has 1 N–H and O–H groups in total. The Balaban J connectivity index is 1.83. The third-order valence-electron chi connectivity index (χ3n) is 4.14. The van der Waals surface area contributed by atoms with Gasteiger partial charge in [-0.2, -0.15) is 0 Å². The first-order chi connectivity index (χ1) is 8.10. The van der Waals surface area contributed by atoms with Gasteiger partial charge in [-0.25, -0.2) is 0 Å². The Kier molecular flexibility index (Phi) is 4.05. The van der Waals surface area contributed by atoms with E-state index in [9.17, 15) is 4.79 Å². The fourth-order valence-corrected chi connectivity index (χ4v) is 2.58. The minimum atomic E-state index is -0.255. The standard InChI is InChI=1S/C13H24N2O2/c1-13(5-7-14-8-6-13)12(16)17-11-3-9-15(2)10-4-11/h11,14H,3-10H2,1-2H3. The molecule has 0 unspecified atom stereocenters. The normalized spacial score (nSPS) is 26.7. The van der Waals surface area contributed by atoms with Gasteiger partial charge in [-0.1, -0.05) is 0 Å². The van der Waals surface area contributed by atoms with Crippen LogP contribution in [0.5, 0.6) is 0 Å². The average Bonchev–Trinajstić information content (AvgIpc) is 2.33. The molecule has 2 fully saturated rings. The number of carbonyl (C=O) groups is 1. The first-order valence-corrected chi connectivity index (χ1v) is 6.70. The van der Waals surface area contributed by atoms with Gasteiger partial charge >= 0.3 is 5.97 Å². The van der Waals surface area contributed by atoms with Crippen molar-refractivity contribution >= 4 is 5.97 Å². The van der Waals surface area contributed by atoms with Crippen LogP contribution in [-0.4, -0.2) is 50.2 Å². The fraction of sp³-hybridized carbons (Fsp3) is 0.923. The molecule has 2 saturated heterocycles. The van der Waals surface area contributed by atoms with Crippen LogP contribution in [0, 0.1) is 5.41 Å². The maximum absolute atomic E-state index is 12.2. The van der Waals surface area contributed by atoms with Crippen LogP contribution >= 0.6 is 0 Å². The Morgan fingerprint density at radius 1 is 1.29 bits per heavy atom. The average molecular weight is 240 g/mol. The predicted octanol–water partition coefficient (Wildman–Crippen LogP) is 1.01. The lowest BCUT2D eigenvalue weighted by Gasteiger charge is -2.35. The van der Waals surface area contributed by atoms with E-state index in [1.54, 1.807) is 0 Å². The van der Waals surface area contributed by atoms with E-state index >= 15 is 0 Å². The Morgan fingerprint density at radius 2 is 1.88 bits per heavy atom. The van der Waals surface area contributed by atoms with Crippen molar-refractivity contribution in [3.63, 3.8) is 0 Å². The first-order valence-electron chi connectivity index (χ1n) is 6.70. The van der Waals surface area contributed by atoms with Crippen LogP contribution in [-0.2, 0) is 9.53 Å². The minimum absolute atomic E-state index is 0.0218. The molecule has 98 valence electrons. The molecule has 0 amide bonds. The second-order valence-electron chi connectivity index (χ2n) is 5.72. The highest BCUT2D eigenvalue weighted by Crippen LogP contribution is 2.30. The topological polar surface area (TPSA) is 41.6 Å². The maximum Gasteiger partial charge on any atom is 0.312 e. The molecule has 2 heterocycles. The van der Waals surface area contributed by atoms with Crippen molar-refractivity contribution in [3.05, 3.63) is 0 Å². The molecular formula is C13H24N2O2. The summed E-state index contributed by atoms with van der Waals surface area (Å²) in [7, 11) is 2.12. The van der Waals surface area contributed by atoms with Gasteiger partial charge in [0.15, 0.2) is 0 Å². The molecule has 0 saturated carbocycles. The van der Waals surface area contributed by atoms with Crippen molar-refractivity contribution in [3.8, 4) is 0 Å². The summed E-state index contributed by atoms with van der Waals surface area (Å²) in [4.78, 5) is 14.5. The molecule has 0 aromatic rings. The quantitative estimate of drug-likeness (QED) is 0.732. The summed E-state index contributed by atoms with van der Waals surface area (Å²) >= 11 is 0. The zero-order valence-electron chi connectivity index (χ0n) is 11.0. The lowest BCUT2D eigenvalue weighted by Crippen LogP contribution is -2.43. The lowest BCUT2D eigenvalue weighted by molar-refractivity contribution is -0.164. The van der Waals surface area contributed by atoms with Gasteiger partial charge in [-0.3, -0.25) is 4.79 Å². The molecule has 0 spiro atoms. The highest BCUT2D eigenvalue weighted by molar-refractivity contribution is 5.76. The Bertz CT molecular complexity index is 267. The number of nitrogens with one attached hydrogen (secondary N) is 1. The van der Waals surface area contributed by atoms with Crippen molar-refractivity contribution < 1.29 is 9.53 Å². The van der Waals surface area contributed by atoms with E-state index in [4.69, 9.17) is 4.74 Å². The van der Waals surface area contributed by atoms with Crippen molar-refractivity contribution in [2.75, 3.05) is 33.2 Å². The molecule has 0 bridgehead atoms. The van der Waals surface area contributed by atoms with Crippen LogP contribution < -0.4 is 5.32 Å².